The summed E-state index contributed by atoms with van der Waals surface area (Å²) in [5.74, 6) is -0.783. The van der Waals surface area contributed by atoms with Crippen molar-refractivity contribution in [1.82, 2.24) is 19.1 Å². The van der Waals surface area contributed by atoms with Crippen LogP contribution in [-0.2, 0) is 55.3 Å². The monoisotopic (exact) mass is 1420 g/mol. The summed E-state index contributed by atoms with van der Waals surface area (Å²) in [5.41, 5.74) is 12.2. The van der Waals surface area contributed by atoms with Crippen molar-refractivity contribution < 1.29 is 55.3 Å². The molecule has 0 saturated heterocycles. The van der Waals surface area contributed by atoms with Crippen LogP contribution in [0.25, 0.3) is 0 Å². The van der Waals surface area contributed by atoms with E-state index in [9.17, 15) is 28.8 Å². The van der Waals surface area contributed by atoms with E-state index < -0.39 is 67.8 Å². The highest BCUT2D eigenvalue weighted by Gasteiger charge is 2.34. The van der Waals surface area contributed by atoms with Crippen LogP contribution in [0.2, 0.25) is 115 Å². The summed E-state index contributed by atoms with van der Waals surface area (Å²) < 4.78 is 38.3. The highest BCUT2D eigenvalue weighted by Crippen LogP contribution is 2.28. The number of unbranched alkanes of at least 4 members (excludes halogenated alkanes) is 4. The number of nitrogens with zero attached hydrogens (tertiary/aromatic N) is 5. The molecule has 0 aromatic carbocycles. The van der Waals surface area contributed by atoms with Crippen LogP contribution in [0.4, 0.5) is 0 Å². The van der Waals surface area contributed by atoms with E-state index in [0.29, 0.717) is 60.4 Å². The Bertz CT molecular complexity index is 2420. The lowest BCUT2D eigenvalue weighted by molar-refractivity contribution is -0.140. The first-order valence-electron chi connectivity index (χ1n) is 32.9. The van der Waals surface area contributed by atoms with Crippen molar-refractivity contribution in [2.45, 2.75) is 251 Å². The molecule has 0 spiro atoms. The van der Waals surface area contributed by atoms with Crippen LogP contribution in [0.1, 0.15) is 136 Å². The molecule has 4 N–H and O–H groups in total. The van der Waals surface area contributed by atoms with Crippen molar-refractivity contribution >= 4 is 120 Å². The van der Waals surface area contributed by atoms with Crippen LogP contribution in [0.5, 0.6) is 0 Å². The number of esters is 3. The largest absolute Gasteiger partial charge is 0.462 e. The van der Waals surface area contributed by atoms with Gasteiger partial charge in [-0.2, -0.15) is 0 Å². The molecule has 0 radical (unpaired) electrons. The zero-order valence-electron chi connectivity index (χ0n) is 59.4. The first-order chi connectivity index (χ1) is 42.8. The van der Waals surface area contributed by atoms with Gasteiger partial charge in [0.15, 0.2) is 55.0 Å². The minimum absolute atomic E-state index is 0.0981. The summed E-state index contributed by atoms with van der Waals surface area (Å²) in [5, 5.41) is 0.644. The van der Waals surface area contributed by atoms with Gasteiger partial charge in [-0.3, -0.25) is 18.7 Å². The first kappa shape index (κ1) is 90.1. The van der Waals surface area contributed by atoms with Crippen molar-refractivity contribution in [3.63, 3.8) is 0 Å². The fourth-order valence-electron chi connectivity index (χ4n) is 9.82. The molecule has 92 heavy (non-hydrogen) atoms. The summed E-state index contributed by atoms with van der Waals surface area (Å²) in [4.78, 5) is 79.7. The fraction of sp³-hybridized carbons (Fsp3) is 0.692. The van der Waals surface area contributed by atoms with Crippen molar-refractivity contribution in [2.75, 3.05) is 39.5 Å². The number of aliphatic imine (C=N–C) groups is 1. The molecule has 2 aromatic rings. The van der Waals surface area contributed by atoms with Crippen molar-refractivity contribution in [3.05, 3.63) is 73.9 Å². The normalized spacial score (nSPS) is 11.7. The molecule has 2 heterocycles. The number of rotatable bonds is 46. The number of ether oxygens (including phenoxy) is 3. The predicted octanol–water partition coefficient (Wildman–Crippen LogP) is 15.1. The second-order valence-corrected chi connectivity index (χ2v) is 54.8. The number of Topliss-reactive ketones (excluding diaryl/α,β-unsaturated/α-hetero) is 2. The molecule has 0 saturated carbocycles. The van der Waals surface area contributed by atoms with Crippen LogP contribution in [-0.4, -0.2) is 154 Å². The quantitative estimate of drug-likeness (QED) is 0.00912. The molecule has 524 valence electrons. The van der Waals surface area contributed by atoms with Gasteiger partial charge in [0.05, 0.1) is 19.8 Å². The second kappa shape index (κ2) is 49.6. The lowest BCUT2D eigenvalue weighted by atomic mass is 10.1. The Morgan fingerprint density at radius 3 is 1.01 bits per heavy atom. The summed E-state index contributed by atoms with van der Waals surface area (Å²) in [6.07, 6.45) is 27.5. The third kappa shape index (κ3) is 51.4. The number of imidazole rings is 2. The third-order valence-electron chi connectivity index (χ3n) is 14.2. The first-order valence-corrected chi connectivity index (χ1v) is 52.4. The number of thiocarbonyl (C=S) groups is 2. The molecule has 0 atom stereocenters. The van der Waals surface area contributed by atoms with Crippen LogP contribution >= 0.6 is 24.4 Å². The maximum atomic E-state index is 12.2. The molecule has 27 heteroatoms. The molecular weight excluding hydrogens is 1300 g/mol. The highest BCUT2D eigenvalue weighted by molar-refractivity contribution is 7.80. The van der Waals surface area contributed by atoms with E-state index in [2.05, 4.69) is 118 Å². The number of carbonyl (C=O) groups excluding carboxylic acids is 6. The van der Waals surface area contributed by atoms with Crippen LogP contribution in [0.3, 0.4) is 0 Å². The molecule has 19 nitrogen and oxygen atoms in total. The number of isocyanates is 1. The molecule has 0 amide bonds. The van der Waals surface area contributed by atoms with Gasteiger partial charge in [-0.25, -0.2) is 34.1 Å². The number of aromatic nitrogens is 4. The van der Waals surface area contributed by atoms with Gasteiger partial charge in [-0.1, -0.05) is 57.6 Å². The smallest absolute Gasteiger partial charge is 0.333 e. The third-order valence-corrected chi connectivity index (χ3v) is 37.7. The molecule has 2 rings (SSSR count). The van der Waals surface area contributed by atoms with E-state index in [1.807, 2.05) is 0 Å². The lowest BCUT2D eigenvalue weighted by Crippen LogP contribution is -2.44. The average molecular weight is 1430 g/mol. The van der Waals surface area contributed by atoms with Gasteiger partial charge in [-0.15, -0.1) is 0 Å². The van der Waals surface area contributed by atoms with Gasteiger partial charge in [-0.05, 0) is 230 Å². The molecule has 0 bridgehead atoms. The molecule has 0 unspecified atom stereocenters. The standard InChI is InChI=1S/C41H78O8SSi4.C10H28N2OSi2.C7H6N4S.C7H9NO3/c1-35(2)40(44)46-29-21-25-37(42)23-13-17-31-51(5,6)48-53(9,10)33-19-15-27-39(50)28-16-20-34-54(11,12)49-52(7,8)32-18-14-24-38(43)26-22-30-47-41(45)36(3)4;1-14(2,9-5-7-11)13-15(3,4)10-6-8-12;12-7(10-3-1-8-5-10)11-4-2-9-6-11;1-6(2)7(10)11-4-3-8-5-9/h1,3,13-34H2,2,4-12H3;5-12H2,1-4H3;1-6H;1,3-4H2,2H3. The number of ketones is 2. The number of hydrogen-bond donors (Lipinski definition) is 2. The Balaban J connectivity index is 0. The SMILES string of the molecule is C=C(C)C(=O)OCCCC(=O)CCCC[Si](C)(C)O[Si](C)(C)CCCCC(=S)CCCC[Si](C)(C)O[Si](C)(C)CCCCC(=O)CCCOC(=O)C(=C)C.C=C(C)C(=O)OCCN=C=O.C[Si](C)(CCCN)O[Si](C)(C)CCCN.S=C(n1ccnc1)n1ccnc1. The van der Waals surface area contributed by atoms with Crippen molar-refractivity contribution in [1.29, 1.82) is 0 Å². The van der Waals surface area contributed by atoms with E-state index in [1.165, 1.54) is 23.0 Å². The Kier molecular flexibility index (Phi) is 48.5. The van der Waals surface area contributed by atoms with E-state index in [0.717, 1.165) is 114 Å². The summed E-state index contributed by atoms with van der Waals surface area (Å²) in [6, 6.07) is 6.82. The van der Waals surface area contributed by atoms with Crippen molar-refractivity contribution in [2.24, 2.45) is 16.5 Å². The van der Waals surface area contributed by atoms with Crippen LogP contribution < -0.4 is 11.5 Å². The molecule has 0 aliphatic carbocycles. The van der Waals surface area contributed by atoms with Gasteiger partial charge in [0.2, 0.25) is 6.08 Å². The number of nitrogens with two attached hydrogens (primary N) is 2. The summed E-state index contributed by atoms with van der Waals surface area (Å²) in [7, 11) is -10.1. The maximum absolute atomic E-state index is 12.2. The van der Waals surface area contributed by atoms with Crippen LogP contribution in [0, 0.1) is 0 Å². The Labute approximate surface area is 571 Å². The van der Waals surface area contributed by atoms with Crippen molar-refractivity contribution in [3.8, 4) is 0 Å². The van der Waals surface area contributed by atoms with E-state index in [1.54, 1.807) is 67.3 Å². The summed E-state index contributed by atoms with van der Waals surface area (Å²) in [6.45, 7) is 45.5. The van der Waals surface area contributed by atoms with Gasteiger partial charge >= 0.3 is 17.9 Å². The molecule has 0 aliphatic heterocycles. The molecule has 0 fully saturated rings. The Morgan fingerprint density at radius 2 is 0.739 bits per heavy atom. The summed E-state index contributed by atoms with van der Waals surface area (Å²) >= 11 is 10.9. The zero-order chi connectivity index (χ0) is 70.5. The van der Waals surface area contributed by atoms with E-state index in [4.69, 9.17) is 57.7 Å². The average Bonchev–Trinajstić information content (AvgIpc) is 1.82. The predicted molar refractivity (Wildman–Crippen MR) is 399 cm³/mol. The van der Waals surface area contributed by atoms with Gasteiger partial charge in [0.25, 0.3) is 0 Å². The minimum Gasteiger partial charge on any atom is -0.462 e. The van der Waals surface area contributed by atoms with E-state index in [-0.39, 0.29) is 37.9 Å². The molecule has 2 aromatic heterocycles. The maximum Gasteiger partial charge on any atom is 0.333 e. The Morgan fingerprint density at radius 1 is 0.457 bits per heavy atom. The van der Waals surface area contributed by atoms with Gasteiger partial charge in [0.1, 0.15) is 30.8 Å². The van der Waals surface area contributed by atoms with Gasteiger partial charge < -0.3 is 38.0 Å². The highest BCUT2D eigenvalue weighted by atomic mass is 32.1. The minimum atomic E-state index is -1.79. The van der Waals surface area contributed by atoms with Crippen LogP contribution in [0.15, 0.2) is 78.9 Å². The topological polar surface area (TPSA) is 258 Å². The van der Waals surface area contributed by atoms with E-state index >= 15 is 0 Å². The molecular formula is C65H121N7O12S2Si6. The fourth-order valence-corrected chi connectivity index (χ4v) is 37.2. The number of carbonyl (C=O) groups is 5. The lowest BCUT2D eigenvalue weighted by Gasteiger charge is -2.34. The Hall–Kier alpha value is -3.95. The number of hydrogen-bond acceptors (Lipinski definition) is 19. The molecule has 0 aliphatic rings. The second-order valence-electron chi connectivity index (χ2n) is 27.2. The van der Waals surface area contributed by atoms with Gasteiger partial charge in [0, 0.05) is 67.2 Å². The zero-order valence-corrected chi connectivity index (χ0v) is 67.0.